The summed E-state index contributed by atoms with van der Waals surface area (Å²) in [5, 5.41) is 0. The molecule has 20 heavy (non-hydrogen) atoms. The Balaban J connectivity index is 2.08. The Kier molecular flexibility index (Phi) is 3.49. The lowest BCUT2D eigenvalue weighted by Gasteiger charge is -2.08. The highest BCUT2D eigenvalue weighted by Gasteiger charge is 2.10. The summed E-state index contributed by atoms with van der Waals surface area (Å²) in [5.74, 6) is 1.35. The Bertz CT molecular complexity index is 742. The van der Waals surface area contributed by atoms with E-state index in [2.05, 4.69) is 65.9 Å². The molecule has 3 rings (SSSR count). The summed E-state index contributed by atoms with van der Waals surface area (Å²) >= 11 is 6.05. The SMILES string of the molecule is Cc1ccc(Cn2c(CCl)nc3ccc(C)cc32)cc1. The molecule has 0 saturated carbocycles. The molecule has 0 saturated heterocycles. The third kappa shape index (κ3) is 2.44. The van der Waals surface area contributed by atoms with E-state index in [4.69, 9.17) is 11.6 Å². The molecule has 0 radical (unpaired) electrons. The zero-order chi connectivity index (χ0) is 14.1. The van der Waals surface area contributed by atoms with Gasteiger partial charge in [-0.2, -0.15) is 0 Å². The van der Waals surface area contributed by atoms with Crippen LogP contribution in [0.4, 0.5) is 0 Å². The summed E-state index contributed by atoms with van der Waals surface area (Å²) in [7, 11) is 0. The molecule has 0 aliphatic heterocycles. The number of alkyl halides is 1. The lowest BCUT2D eigenvalue weighted by Crippen LogP contribution is -2.03. The van der Waals surface area contributed by atoms with Crippen molar-refractivity contribution in [2.24, 2.45) is 0 Å². The van der Waals surface area contributed by atoms with Gasteiger partial charge in [0, 0.05) is 6.54 Å². The monoisotopic (exact) mass is 284 g/mol. The van der Waals surface area contributed by atoms with Crippen LogP contribution in [0.3, 0.4) is 0 Å². The summed E-state index contributed by atoms with van der Waals surface area (Å²) in [4.78, 5) is 4.62. The fourth-order valence-corrected chi connectivity index (χ4v) is 2.64. The minimum absolute atomic E-state index is 0.430. The van der Waals surface area contributed by atoms with E-state index in [-0.39, 0.29) is 0 Å². The first-order valence-corrected chi connectivity index (χ1v) is 7.28. The van der Waals surface area contributed by atoms with Crippen LogP contribution in [0.15, 0.2) is 42.5 Å². The molecule has 0 aliphatic carbocycles. The van der Waals surface area contributed by atoms with E-state index < -0.39 is 0 Å². The first kappa shape index (κ1) is 13.2. The van der Waals surface area contributed by atoms with Gasteiger partial charge in [-0.3, -0.25) is 0 Å². The van der Waals surface area contributed by atoms with Gasteiger partial charge in [0.1, 0.15) is 5.82 Å². The average molecular weight is 285 g/mol. The van der Waals surface area contributed by atoms with Crippen molar-refractivity contribution in [3.63, 3.8) is 0 Å². The second-order valence-corrected chi connectivity index (χ2v) is 5.49. The molecule has 3 aromatic rings. The maximum absolute atomic E-state index is 6.05. The van der Waals surface area contributed by atoms with Crippen molar-refractivity contribution < 1.29 is 0 Å². The first-order chi connectivity index (χ1) is 9.67. The van der Waals surface area contributed by atoms with E-state index in [1.807, 2.05) is 0 Å². The molecule has 0 fully saturated rings. The number of aryl methyl sites for hydroxylation is 2. The van der Waals surface area contributed by atoms with E-state index in [0.717, 1.165) is 23.4 Å². The van der Waals surface area contributed by atoms with Crippen LogP contribution < -0.4 is 0 Å². The molecule has 0 bridgehead atoms. The summed E-state index contributed by atoms with van der Waals surface area (Å²) in [6.45, 7) is 5.01. The van der Waals surface area contributed by atoms with Crippen molar-refractivity contribution >= 4 is 22.6 Å². The molecule has 2 nitrogen and oxygen atoms in total. The number of hydrogen-bond acceptors (Lipinski definition) is 1. The van der Waals surface area contributed by atoms with Gasteiger partial charge in [0.15, 0.2) is 0 Å². The predicted octanol–water partition coefficient (Wildman–Crippen LogP) is 4.44. The van der Waals surface area contributed by atoms with E-state index in [1.165, 1.54) is 16.7 Å². The Labute approximate surface area is 124 Å². The standard InChI is InChI=1S/C17H17ClN2/c1-12-3-6-14(7-4-12)11-20-16-9-13(2)5-8-15(16)19-17(20)10-18/h3-9H,10-11H2,1-2H3. The van der Waals surface area contributed by atoms with Gasteiger partial charge in [-0.1, -0.05) is 35.9 Å². The Hall–Kier alpha value is -1.80. The van der Waals surface area contributed by atoms with Crippen molar-refractivity contribution in [3.8, 4) is 0 Å². The molecule has 0 unspecified atom stereocenters. The van der Waals surface area contributed by atoms with Crippen LogP contribution in [0, 0.1) is 13.8 Å². The molecule has 0 aliphatic rings. The number of halogens is 1. The molecular formula is C17H17ClN2. The molecular weight excluding hydrogens is 268 g/mol. The third-order valence-electron chi connectivity index (χ3n) is 3.56. The fraction of sp³-hybridized carbons (Fsp3) is 0.235. The summed E-state index contributed by atoms with van der Waals surface area (Å²) < 4.78 is 2.21. The first-order valence-electron chi connectivity index (χ1n) is 6.74. The number of imidazole rings is 1. The van der Waals surface area contributed by atoms with Gasteiger partial charge in [-0.25, -0.2) is 4.98 Å². The van der Waals surface area contributed by atoms with Crippen LogP contribution in [0.1, 0.15) is 22.5 Å². The van der Waals surface area contributed by atoms with Crippen molar-refractivity contribution in [3.05, 3.63) is 65.0 Å². The van der Waals surface area contributed by atoms with Gasteiger partial charge in [0.25, 0.3) is 0 Å². The zero-order valence-corrected chi connectivity index (χ0v) is 12.5. The highest BCUT2D eigenvalue weighted by Crippen LogP contribution is 2.20. The molecule has 1 heterocycles. The largest absolute Gasteiger partial charge is 0.322 e. The van der Waals surface area contributed by atoms with Crippen LogP contribution in [0.2, 0.25) is 0 Å². The van der Waals surface area contributed by atoms with E-state index >= 15 is 0 Å². The number of nitrogens with zero attached hydrogens (tertiary/aromatic N) is 2. The van der Waals surface area contributed by atoms with Gasteiger partial charge in [-0.05, 0) is 37.1 Å². The Morgan fingerprint density at radius 2 is 1.70 bits per heavy atom. The fourth-order valence-electron chi connectivity index (χ4n) is 2.44. The summed E-state index contributed by atoms with van der Waals surface area (Å²) in [6.07, 6.45) is 0. The van der Waals surface area contributed by atoms with Crippen LogP contribution in [-0.2, 0) is 12.4 Å². The van der Waals surface area contributed by atoms with Crippen molar-refractivity contribution in [1.82, 2.24) is 9.55 Å². The van der Waals surface area contributed by atoms with Crippen LogP contribution in [0.5, 0.6) is 0 Å². The lowest BCUT2D eigenvalue weighted by molar-refractivity contribution is 0.778. The van der Waals surface area contributed by atoms with E-state index in [0.29, 0.717) is 5.88 Å². The van der Waals surface area contributed by atoms with Crippen LogP contribution in [-0.4, -0.2) is 9.55 Å². The number of rotatable bonds is 3. The van der Waals surface area contributed by atoms with Crippen molar-refractivity contribution in [2.75, 3.05) is 0 Å². The topological polar surface area (TPSA) is 17.8 Å². The number of hydrogen-bond donors (Lipinski definition) is 0. The molecule has 3 heteroatoms. The normalized spacial score (nSPS) is 11.2. The number of fused-ring (bicyclic) bond motifs is 1. The third-order valence-corrected chi connectivity index (χ3v) is 3.80. The van der Waals surface area contributed by atoms with Crippen molar-refractivity contribution in [2.45, 2.75) is 26.3 Å². The second-order valence-electron chi connectivity index (χ2n) is 5.23. The maximum atomic E-state index is 6.05. The molecule has 102 valence electrons. The van der Waals surface area contributed by atoms with Gasteiger partial charge in [0.2, 0.25) is 0 Å². The van der Waals surface area contributed by atoms with E-state index in [9.17, 15) is 0 Å². The van der Waals surface area contributed by atoms with Crippen LogP contribution in [0.25, 0.3) is 11.0 Å². The minimum atomic E-state index is 0.430. The Morgan fingerprint density at radius 3 is 2.40 bits per heavy atom. The molecule has 1 aromatic heterocycles. The quantitative estimate of drug-likeness (QED) is 0.650. The molecule has 0 N–H and O–H groups in total. The van der Waals surface area contributed by atoms with Crippen LogP contribution >= 0.6 is 11.6 Å². The number of aromatic nitrogens is 2. The zero-order valence-electron chi connectivity index (χ0n) is 11.7. The maximum Gasteiger partial charge on any atom is 0.125 e. The second kappa shape index (κ2) is 5.29. The highest BCUT2D eigenvalue weighted by atomic mass is 35.5. The predicted molar refractivity (Wildman–Crippen MR) is 84.3 cm³/mol. The molecule has 0 spiro atoms. The smallest absolute Gasteiger partial charge is 0.125 e. The molecule has 0 amide bonds. The lowest BCUT2D eigenvalue weighted by atomic mass is 10.1. The molecule has 0 atom stereocenters. The molecule has 2 aromatic carbocycles. The summed E-state index contributed by atoms with van der Waals surface area (Å²) in [5.41, 5.74) is 5.95. The van der Waals surface area contributed by atoms with Crippen molar-refractivity contribution in [1.29, 1.82) is 0 Å². The average Bonchev–Trinajstić information content (AvgIpc) is 2.79. The van der Waals surface area contributed by atoms with E-state index in [1.54, 1.807) is 0 Å². The number of benzene rings is 2. The van der Waals surface area contributed by atoms with Gasteiger partial charge < -0.3 is 4.57 Å². The highest BCUT2D eigenvalue weighted by molar-refractivity contribution is 6.16. The summed E-state index contributed by atoms with van der Waals surface area (Å²) in [6, 6.07) is 14.9. The Morgan fingerprint density at radius 1 is 1.00 bits per heavy atom. The van der Waals surface area contributed by atoms with Gasteiger partial charge in [-0.15, -0.1) is 11.6 Å². The minimum Gasteiger partial charge on any atom is -0.322 e. The van der Waals surface area contributed by atoms with Gasteiger partial charge >= 0.3 is 0 Å². The van der Waals surface area contributed by atoms with Gasteiger partial charge in [0.05, 0.1) is 16.9 Å².